The number of hydrogen-bond acceptors (Lipinski definition) is 4. The zero-order valence-electron chi connectivity index (χ0n) is 10.2. The lowest BCUT2D eigenvalue weighted by Crippen LogP contribution is -2.25. The van der Waals surface area contributed by atoms with Crippen LogP contribution in [-0.2, 0) is 4.79 Å². The van der Waals surface area contributed by atoms with E-state index in [0.717, 1.165) is 11.3 Å². The molecule has 1 aliphatic rings. The maximum Gasteiger partial charge on any atom is 0.345 e. The van der Waals surface area contributed by atoms with Crippen molar-refractivity contribution >= 4 is 11.6 Å². The molecule has 0 bridgehead atoms. The lowest BCUT2D eigenvalue weighted by atomic mass is 10.1. The summed E-state index contributed by atoms with van der Waals surface area (Å²) in [5.74, 6) is 0.421. The number of nitrogens with one attached hydrogen (secondary N) is 2. The average Bonchev–Trinajstić information content (AvgIpc) is 2.36. The third-order valence-corrected chi connectivity index (χ3v) is 2.79. The number of benzene rings is 1. The number of aryl methyl sites for hydroxylation is 1. The second kappa shape index (κ2) is 4.24. The molecule has 2 N–H and O–H groups in total. The zero-order valence-corrected chi connectivity index (χ0v) is 10.2. The molecule has 2 heterocycles. The number of carbonyl (C=O) groups is 1. The highest BCUT2D eigenvalue weighted by Crippen LogP contribution is 2.31. The van der Waals surface area contributed by atoms with Crippen molar-refractivity contribution in [1.82, 2.24) is 9.97 Å². The van der Waals surface area contributed by atoms with Gasteiger partial charge in [-0.2, -0.15) is 4.98 Å². The van der Waals surface area contributed by atoms with Crippen molar-refractivity contribution in [1.29, 1.82) is 0 Å². The second-order valence-electron chi connectivity index (χ2n) is 4.30. The van der Waals surface area contributed by atoms with Crippen LogP contribution in [0.3, 0.4) is 0 Å². The van der Waals surface area contributed by atoms with Gasteiger partial charge in [0.1, 0.15) is 5.75 Å². The number of ether oxygens (including phenoxy) is 1. The highest BCUT2D eigenvalue weighted by molar-refractivity contribution is 5.96. The number of hydrogen-bond donors (Lipinski definition) is 2. The Morgan fingerprint density at radius 2 is 2.11 bits per heavy atom. The number of fused-ring (bicyclic) bond motifs is 1. The third kappa shape index (κ3) is 2.20. The number of aromatic amines is 1. The van der Waals surface area contributed by atoms with Crippen LogP contribution in [0, 0.1) is 6.92 Å². The Labute approximate surface area is 108 Å². The van der Waals surface area contributed by atoms with Gasteiger partial charge in [-0.15, -0.1) is 0 Å². The molecule has 19 heavy (non-hydrogen) atoms. The first-order valence-electron chi connectivity index (χ1n) is 5.77. The molecule has 1 amide bonds. The number of anilines is 1. The Hall–Kier alpha value is -2.63. The molecule has 96 valence electrons. The van der Waals surface area contributed by atoms with Crippen molar-refractivity contribution in [2.45, 2.75) is 6.92 Å². The molecule has 0 unspecified atom stereocenters. The van der Waals surface area contributed by atoms with Crippen LogP contribution in [-0.4, -0.2) is 22.5 Å². The maximum absolute atomic E-state index is 11.4. The van der Waals surface area contributed by atoms with Gasteiger partial charge < -0.3 is 15.0 Å². The molecule has 0 spiro atoms. The highest BCUT2D eigenvalue weighted by Gasteiger charge is 2.16. The van der Waals surface area contributed by atoms with Gasteiger partial charge in [-0.1, -0.05) is 0 Å². The van der Waals surface area contributed by atoms with E-state index in [1.807, 2.05) is 0 Å². The molecule has 1 aromatic heterocycles. The molecule has 0 saturated carbocycles. The number of H-pyrrole nitrogens is 1. The SMILES string of the molecule is Cc1cc(-c2ccc3c(c2)NC(=O)CO3)nc(=O)[nH]1. The fourth-order valence-corrected chi connectivity index (χ4v) is 1.97. The predicted octanol–water partition coefficient (Wildman–Crippen LogP) is 1.08. The molecule has 3 rings (SSSR count). The van der Waals surface area contributed by atoms with E-state index < -0.39 is 5.69 Å². The van der Waals surface area contributed by atoms with Crippen molar-refractivity contribution in [2.24, 2.45) is 0 Å². The van der Waals surface area contributed by atoms with Crippen LogP contribution in [0.2, 0.25) is 0 Å². The molecule has 2 aromatic rings. The van der Waals surface area contributed by atoms with Crippen LogP contribution >= 0.6 is 0 Å². The van der Waals surface area contributed by atoms with Crippen LogP contribution in [0.5, 0.6) is 5.75 Å². The topological polar surface area (TPSA) is 84.1 Å². The van der Waals surface area contributed by atoms with Crippen molar-refractivity contribution in [3.05, 3.63) is 40.4 Å². The second-order valence-corrected chi connectivity index (χ2v) is 4.30. The van der Waals surface area contributed by atoms with Gasteiger partial charge in [-0.25, -0.2) is 4.79 Å². The van der Waals surface area contributed by atoms with Crippen LogP contribution < -0.4 is 15.7 Å². The minimum absolute atomic E-state index is 0.0225. The highest BCUT2D eigenvalue weighted by atomic mass is 16.5. The molecule has 0 aliphatic carbocycles. The van der Waals surface area contributed by atoms with Crippen molar-refractivity contribution < 1.29 is 9.53 Å². The summed E-state index contributed by atoms with van der Waals surface area (Å²) in [5, 5.41) is 2.72. The number of rotatable bonds is 1. The molecule has 6 nitrogen and oxygen atoms in total. The minimum Gasteiger partial charge on any atom is -0.482 e. The summed E-state index contributed by atoms with van der Waals surface area (Å²) in [4.78, 5) is 29.1. The number of aromatic nitrogens is 2. The van der Waals surface area contributed by atoms with Gasteiger partial charge in [0.15, 0.2) is 6.61 Å². The summed E-state index contributed by atoms with van der Waals surface area (Å²) in [6.45, 7) is 1.81. The van der Waals surface area contributed by atoms with Crippen molar-refractivity contribution in [2.75, 3.05) is 11.9 Å². The largest absolute Gasteiger partial charge is 0.482 e. The molecule has 0 radical (unpaired) electrons. The van der Waals surface area contributed by atoms with Crippen LogP contribution in [0.25, 0.3) is 11.3 Å². The Bertz CT molecular complexity index is 721. The van der Waals surface area contributed by atoms with E-state index in [4.69, 9.17) is 4.74 Å². The summed E-state index contributed by atoms with van der Waals surface area (Å²) in [6.07, 6.45) is 0. The van der Waals surface area contributed by atoms with Crippen molar-refractivity contribution in [3.63, 3.8) is 0 Å². The maximum atomic E-state index is 11.4. The molecule has 0 atom stereocenters. The fourth-order valence-electron chi connectivity index (χ4n) is 1.97. The number of nitrogens with zero attached hydrogens (tertiary/aromatic N) is 1. The predicted molar refractivity (Wildman–Crippen MR) is 69.2 cm³/mol. The zero-order chi connectivity index (χ0) is 13.4. The smallest absolute Gasteiger partial charge is 0.345 e. The van der Waals surface area contributed by atoms with E-state index in [0.29, 0.717) is 17.1 Å². The summed E-state index contributed by atoms with van der Waals surface area (Å²) in [5.41, 5.74) is 2.23. The van der Waals surface area contributed by atoms with E-state index in [1.54, 1.807) is 31.2 Å². The Morgan fingerprint density at radius 3 is 2.89 bits per heavy atom. The Morgan fingerprint density at radius 1 is 1.26 bits per heavy atom. The van der Waals surface area contributed by atoms with Crippen LogP contribution in [0.1, 0.15) is 5.69 Å². The fraction of sp³-hybridized carbons (Fsp3) is 0.154. The minimum atomic E-state index is -0.395. The summed E-state index contributed by atoms with van der Waals surface area (Å²) in [6, 6.07) is 7.07. The van der Waals surface area contributed by atoms with Gasteiger partial charge in [0.25, 0.3) is 5.91 Å². The first-order valence-corrected chi connectivity index (χ1v) is 5.77. The van der Waals surface area contributed by atoms with E-state index in [2.05, 4.69) is 15.3 Å². The van der Waals surface area contributed by atoms with Gasteiger partial charge in [-0.05, 0) is 31.2 Å². The van der Waals surface area contributed by atoms with E-state index in [9.17, 15) is 9.59 Å². The normalized spacial score (nSPS) is 13.4. The molecule has 0 fully saturated rings. The van der Waals surface area contributed by atoms with Gasteiger partial charge in [0.2, 0.25) is 0 Å². The van der Waals surface area contributed by atoms with Crippen molar-refractivity contribution in [3.8, 4) is 17.0 Å². The Kier molecular flexibility index (Phi) is 2.56. The third-order valence-electron chi connectivity index (χ3n) is 2.79. The molecule has 6 heteroatoms. The van der Waals surface area contributed by atoms with E-state index in [-0.39, 0.29) is 12.5 Å². The Balaban J connectivity index is 2.08. The number of amides is 1. The first kappa shape index (κ1) is 11.5. The van der Waals surface area contributed by atoms with E-state index >= 15 is 0 Å². The quantitative estimate of drug-likeness (QED) is 0.800. The van der Waals surface area contributed by atoms with Crippen LogP contribution in [0.4, 0.5) is 5.69 Å². The molecular weight excluding hydrogens is 246 g/mol. The molecule has 1 aromatic carbocycles. The van der Waals surface area contributed by atoms with Gasteiger partial charge in [0.05, 0.1) is 11.4 Å². The van der Waals surface area contributed by atoms with Gasteiger partial charge >= 0.3 is 5.69 Å². The van der Waals surface area contributed by atoms with Crippen LogP contribution in [0.15, 0.2) is 29.1 Å². The lowest BCUT2D eigenvalue weighted by Gasteiger charge is -2.18. The number of carbonyl (C=O) groups excluding carboxylic acids is 1. The molecular formula is C13H11N3O3. The monoisotopic (exact) mass is 257 g/mol. The summed E-state index contributed by atoms with van der Waals surface area (Å²) in [7, 11) is 0. The lowest BCUT2D eigenvalue weighted by molar-refractivity contribution is -0.118. The molecule has 1 aliphatic heterocycles. The average molecular weight is 257 g/mol. The standard InChI is InChI=1S/C13H11N3O3/c1-7-4-9(16-13(18)14-7)8-2-3-11-10(5-8)15-12(17)6-19-11/h2-5H,6H2,1H3,(H,15,17)(H,14,16,18). The summed E-state index contributed by atoms with van der Waals surface area (Å²) >= 11 is 0. The van der Waals surface area contributed by atoms with Gasteiger partial charge in [-0.3, -0.25) is 4.79 Å². The summed E-state index contributed by atoms with van der Waals surface area (Å²) < 4.78 is 5.27. The molecule has 0 saturated heterocycles. The van der Waals surface area contributed by atoms with Gasteiger partial charge in [0, 0.05) is 11.3 Å². The van der Waals surface area contributed by atoms with E-state index in [1.165, 1.54) is 0 Å². The first-order chi connectivity index (χ1) is 9.11.